The van der Waals surface area contributed by atoms with Crippen LogP contribution in [0.25, 0.3) is 0 Å². The van der Waals surface area contributed by atoms with Crippen molar-refractivity contribution in [3.63, 3.8) is 0 Å². The van der Waals surface area contributed by atoms with Gasteiger partial charge in [0.05, 0.1) is 0 Å². The lowest BCUT2D eigenvalue weighted by Crippen LogP contribution is -2.54. The molecule has 3 rings (SSSR count). The van der Waals surface area contributed by atoms with Crippen molar-refractivity contribution in [2.45, 2.75) is 57.0 Å². The summed E-state index contributed by atoms with van der Waals surface area (Å²) in [6, 6.07) is 4.57. The Labute approximate surface area is 116 Å². The van der Waals surface area contributed by atoms with Crippen LogP contribution >= 0.6 is 0 Å². The van der Waals surface area contributed by atoms with Gasteiger partial charge in [-0.25, -0.2) is 0 Å². The van der Waals surface area contributed by atoms with Crippen LogP contribution in [0.1, 0.15) is 44.9 Å². The van der Waals surface area contributed by atoms with Gasteiger partial charge in [-0.2, -0.15) is 0 Å². The van der Waals surface area contributed by atoms with Crippen LogP contribution in [0.3, 0.4) is 0 Å². The minimum absolute atomic E-state index is 0.186. The Morgan fingerprint density at radius 3 is 2.63 bits per heavy atom. The molecule has 1 aliphatic heterocycles. The van der Waals surface area contributed by atoms with Gasteiger partial charge in [0, 0.05) is 35.3 Å². The molecule has 1 spiro atoms. The summed E-state index contributed by atoms with van der Waals surface area (Å²) in [5.41, 5.74) is 9.60. The summed E-state index contributed by atoms with van der Waals surface area (Å²) in [5.74, 6) is 0. The highest BCUT2D eigenvalue weighted by atomic mass is 15.2. The molecule has 0 radical (unpaired) electrons. The average Bonchev–Trinajstić information content (AvgIpc) is 2.63. The monoisotopic (exact) mass is 259 g/mol. The SMILES string of the molecule is CC(C)(C)N1CCC2(CC1)c1cccnc1C[C@H]2N. The van der Waals surface area contributed by atoms with Gasteiger partial charge in [-0.3, -0.25) is 9.88 Å². The molecule has 1 aliphatic carbocycles. The molecule has 0 unspecified atom stereocenters. The van der Waals surface area contributed by atoms with E-state index in [2.05, 4.69) is 42.8 Å². The number of piperidine rings is 1. The van der Waals surface area contributed by atoms with Crippen molar-refractivity contribution in [1.82, 2.24) is 9.88 Å². The maximum absolute atomic E-state index is 6.49. The lowest BCUT2D eigenvalue weighted by atomic mass is 9.71. The van der Waals surface area contributed by atoms with E-state index in [-0.39, 0.29) is 17.0 Å². The summed E-state index contributed by atoms with van der Waals surface area (Å²) in [5, 5.41) is 0. The van der Waals surface area contributed by atoms with E-state index in [9.17, 15) is 0 Å². The molecule has 1 aromatic heterocycles. The minimum atomic E-state index is 0.186. The van der Waals surface area contributed by atoms with Crippen LogP contribution in [-0.2, 0) is 11.8 Å². The van der Waals surface area contributed by atoms with Crippen LogP contribution in [0.5, 0.6) is 0 Å². The number of pyridine rings is 1. The van der Waals surface area contributed by atoms with Crippen LogP contribution < -0.4 is 5.73 Å². The van der Waals surface area contributed by atoms with E-state index < -0.39 is 0 Å². The number of hydrogen-bond acceptors (Lipinski definition) is 3. The number of rotatable bonds is 0. The van der Waals surface area contributed by atoms with Crippen molar-refractivity contribution < 1.29 is 0 Å². The molecule has 0 aromatic carbocycles. The molecular weight excluding hydrogens is 234 g/mol. The maximum Gasteiger partial charge on any atom is 0.0457 e. The molecule has 3 heteroatoms. The highest BCUT2D eigenvalue weighted by molar-refractivity contribution is 5.39. The Balaban J connectivity index is 1.87. The van der Waals surface area contributed by atoms with Gasteiger partial charge in [-0.1, -0.05) is 6.07 Å². The molecule has 1 atom stereocenters. The zero-order valence-corrected chi connectivity index (χ0v) is 12.3. The number of likely N-dealkylation sites (tertiary alicyclic amines) is 1. The van der Waals surface area contributed by atoms with E-state index in [0.717, 1.165) is 19.5 Å². The first-order valence-electron chi connectivity index (χ1n) is 7.38. The van der Waals surface area contributed by atoms with E-state index in [1.165, 1.54) is 24.1 Å². The second-order valence-corrected chi connectivity index (χ2v) is 7.12. The number of aromatic nitrogens is 1. The van der Waals surface area contributed by atoms with Crippen molar-refractivity contribution in [1.29, 1.82) is 0 Å². The summed E-state index contributed by atoms with van der Waals surface area (Å²) < 4.78 is 0. The number of hydrogen-bond donors (Lipinski definition) is 1. The van der Waals surface area contributed by atoms with Crippen molar-refractivity contribution in [2.75, 3.05) is 13.1 Å². The van der Waals surface area contributed by atoms with Crippen molar-refractivity contribution in [2.24, 2.45) is 5.73 Å². The standard InChI is InChI=1S/C16H25N3/c1-15(2,3)19-9-6-16(7-10-19)12-5-4-8-18-13(12)11-14(16)17/h4-5,8,14H,6-7,9-11,17H2,1-3H3/t14-/m1/s1. The smallest absolute Gasteiger partial charge is 0.0457 e. The third-order valence-corrected chi connectivity index (χ3v) is 5.15. The van der Waals surface area contributed by atoms with Gasteiger partial charge in [0.2, 0.25) is 0 Å². The first kappa shape index (κ1) is 13.1. The number of nitrogens with two attached hydrogens (primary N) is 1. The fraction of sp³-hybridized carbons (Fsp3) is 0.688. The highest BCUT2D eigenvalue weighted by Gasteiger charge is 2.48. The summed E-state index contributed by atoms with van der Waals surface area (Å²) >= 11 is 0. The van der Waals surface area contributed by atoms with Crippen molar-refractivity contribution >= 4 is 0 Å². The Bertz CT molecular complexity index is 467. The second kappa shape index (κ2) is 4.29. The lowest BCUT2D eigenvalue weighted by molar-refractivity contribution is 0.0689. The molecule has 2 aliphatic rings. The Morgan fingerprint density at radius 1 is 1.32 bits per heavy atom. The summed E-state index contributed by atoms with van der Waals surface area (Å²) in [6.07, 6.45) is 5.19. The number of nitrogens with zero attached hydrogens (tertiary/aromatic N) is 2. The number of fused-ring (bicyclic) bond motifs is 2. The molecule has 1 aromatic rings. The van der Waals surface area contributed by atoms with Crippen molar-refractivity contribution in [3.8, 4) is 0 Å². The van der Waals surface area contributed by atoms with E-state index in [4.69, 9.17) is 5.73 Å². The topological polar surface area (TPSA) is 42.2 Å². The van der Waals surface area contributed by atoms with Crippen LogP contribution in [0, 0.1) is 0 Å². The first-order valence-corrected chi connectivity index (χ1v) is 7.38. The third-order valence-electron chi connectivity index (χ3n) is 5.15. The predicted molar refractivity (Wildman–Crippen MR) is 78.2 cm³/mol. The molecule has 1 fully saturated rings. The van der Waals surface area contributed by atoms with Gasteiger partial charge >= 0.3 is 0 Å². The normalized spacial score (nSPS) is 26.6. The molecule has 2 heterocycles. The van der Waals surface area contributed by atoms with Crippen LogP contribution in [0.2, 0.25) is 0 Å². The fourth-order valence-corrected chi connectivity index (χ4v) is 3.87. The van der Waals surface area contributed by atoms with Gasteiger partial charge in [0.1, 0.15) is 0 Å². The average molecular weight is 259 g/mol. The molecule has 19 heavy (non-hydrogen) atoms. The van der Waals surface area contributed by atoms with Crippen LogP contribution in [0.15, 0.2) is 18.3 Å². The Hall–Kier alpha value is -0.930. The van der Waals surface area contributed by atoms with E-state index in [1.54, 1.807) is 0 Å². The van der Waals surface area contributed by atoms with Crippen LogP contribution in [-0.4, -0.2) is 34.6 Å². The zero-order chi connectivity index (χ0) is 13.7. The molecule has 3 nitrogen and oxygen atoms in total. The Morgan fingerprint density at radius 2 is 2.00 bits per heavy atom. The molecular formula is C16H25N3. The van der Waals surface area contributed by atoms with Gasteiger partial charge in [0.25, 0.3) is 0 Å². The molecule has 1 saturated heterocycles. The summed E-state index contributed by atoms with van der Waals surface area (Å²) in [7, 11) is 0. The molecule has 0 saturated carbocycles. The molecule has 0 bridgehead atoms. The highest BCUT2D eigenvalue weighted by Crippen LogP contribution is 2.45. The van der Waals surface area contributed by atoms with E-state index >= 15 is 0 Å². The second-order valence-electron chi connectivity index (χ2n) is 7.12. The fourth-order valence-electron chi connectivity index (χ4n) is 3.87. The van der Waals surface area contributed by atoms with E-state index in [0.29, 0.717) is 0 Å². The lowest BCUT2D eigenvalue weighted by Gasteiger charge is -2.47. The van der Waals surface area contributed by atoms with Crippen LogP contribution in [0.4, 0.5) is 0 Å². The van der Waals surface area contributed by atoms with Gasteiger partial charge in [0.15, 0.2) is 0 Å². The zero-order valence-electron chi connectivity index (χ0n) is 12.3. The first-order chi connectivity index (χ1) is 8.93. The Kier molecular flexibility index (Phi) is 2.95. The minimum Gasteiger partial charge on any atom is -0.327 e. The van der Waals surface area contributed by atoms with Gasteiger partial charge in [-0.05, 0) is 58.3 Å². The largest absolute Gasteiger partial charge is 0.327 e. The molecule has 0 amide bonds. The quantitative estimate of drug-likeness (QED) is 0.776. The predicted octanol–water partition coefficient (Wildman–Crippen LogP) is 2.10. The van der Waals surface area contributed by atoms with E-state index in [1.807, 2.05) is 6.20 Å². The molecule has 2 N–H and O–H groups in total. The summed E-state index contributed by atoms with van der Waals surface area (Å²) in [4.78, 5) is 7.12. The third kappa shape index (κ3) is 2.00. The maximum atomic E-state index is 6.49. The van der Waals surface area contributed by atoms with Gasteiger partial charge < -0.3 is 5.73 Å². The summed E-state index contributed by atoms with van der Waals surface area (Å²) in [6.45, 7) is 9.19. The van der Waals surface area contributed by atoms with Gasteiger partial charge in [-0.15, -0.1) is 0 Å². The van der Waals surface area contributed by atoms with Crippen molar-refractivity contribution in [3.05, 3.63) is 29.6 Å². The molecule has 104 valence electrons.